The molecule has 0 saturated heterocycles. The van der Waals surface area contributed by atoms with Crippen LogP contribution in [0.1, 0.15) is 50.3 Å². The van der Waals surface area contributed by atoms with Crippen molar-refractivity contribution in [2.75, 3.05) is 7.11 Å². The summed E-state index contributed by atoms with van der Waals surface area (Å²) in [5.41, 5.74) is 3.36. The third-order valence-electron chi connectivity index (χ3n) is 5.19. The number of methoxy groups -OCH3 is 1. The van der Waals surface area contributed by atoms with E-state index in [4.69, 9.17) is 4.74 Å². The highest BCUT2D eigenvalue weighted by molar-refractivity contribution is 6.21. The van der Waals surface area contributed by atoms with Crippen LogP contribution in [0.3, 0.4) is 0 Å². The minimum Gasteiger partial charge on any atom is -0.480 e. The van der Waals surface area contributed by atoms with Gasteiger partial charge >= 0.3 is 11.9 Å². The number of nitrogens with one attached hydrogen (secondary N) is 2. The van der Waals surface area contributed by atoms with E-state index in [1.165, 1.54) is 19.2 Å². The van der Waals surface area contributed by atoms with Gasteiger partial charge in [0.2, 0.25) is 0 Å². The highest BCUT2D eigenvalue weighted by Crippen LogP contribution is 2.21. The number of carbonyl (C=O) groups is 5. The van der Waals surface area contributed by atoms with Gasteiger partial charge in [-0.15, -0.1) is 0 Å². The molecular weight excluding hydrogens is 430 g/mol. The molecule has 1 heterocycles. The number of imide groups is 1. The lowest BCUT2D eigenvalue weighted by molar-refractivity contribution is -0.144. The molecule has 0 bridgehead atoms. The van der Waals surface area contributed by atoms with Crippen molar-refractivity contribution in [2.45, 2.75) is 31.3 Å². The average molecular weight is 453 g/mol. The molecule has 2 aromatic rings. The van der Waals surface area contributed by atoms with Gasteiger partial charge in [-0.25, -0.2) is 15.2 Å². The SMILES string of the molecule is COC(=O)C(CCCC(NC(=O)c1ccccc1)C(=O)O)NN1C(=O)c2ccccc2C1=O. The zero-order valence-electron chi connectivity index (χ0n) is 17.8. The fourth-order valence-electron chi connectivity index (χ4n) is 3.45. The highest BCUT2D eigenvalue weighted by Gasteiger charge is 2.38. The van der Waals surface area contributed by atoms with Crippen LogP contribution in [0.15, 0.2) is 54.6 Å². The van der Waals surface area contributed by atoms with E-state index in [0.717, 1.165) is 5.01 Å². The van der Waals surface area contributed by atoms with E-state index in [-0.39, 0.29) is 30.4 Å². The second kappa shape index (κ2) is 10.5. The molecule has 3 N–H and O–H groups in total. The number of hydrogen-bond donors (Lipinski definition) is 3. The Balaban J connectivity index is 1.62. The number of carbonyl (C=O) groups excluding carboxylic acids is 4. The molecule has 2 aromatic carbocycles. The molecule has 3 amide bonds. The fourth-order valence-corrected chi connectivity index (χ4v) is 3.45. The van der Waals surface area contributed by atoms with Crippen molar-refractivity contribution >= 4 is 29.7 Å². The Morgan fingerprint density at radius 3 is 2.00 bits per heavy atom. The van der Waals surface area contributed by atoms with E-state index in [2.05, 4.69) is 10.7 Å². The first kappa shape index (κ1) is 23.6. The van der Waals surface area contributed by atoms with Crippen LogP contribution < -0.4 is 10.7 Å². The summed E-state index contributed by atoms with van der Waals surface area (Å²) in [4.78, 5) is 61.2. The van der Waals surface area contributed by atoms with Gasteiger partial charge in [0, 0.05) is 5.56 Å². The Kier molecular flexibility index (Phi) is 7.52. The molecule has 1 aliphatic heterocycles. The summed E-state index contributed by atoms with van der Waals surface area (Å²) in [5, 5.41) is 12.7. The van der Waals surface area contributed by atoms with Crippen LogP contribution in [0.2, 0.25) is 0 Å². The van der Waals surface area contributed by atoms with E-state index in [1.807, 2.05) is 0 Å². The first-order valence-electron chi connectivity index (χ1n) is 10.2. The summed E-state index contributed by atoms with van der Waals surface area (Å²) >= 11 is 0. The molecular formula is C23H23N3O7. The van der Waals surface area contributed by atoms with Gasteiger partial charge in [-0.1, -0.05) is 30.3 Å². The molecule has 0 fully saturated rings. The fraction of sp³-hybridized carbons (Fsp3) is 0.261. The molecule has 0 aliphatic carbocycles. The second-order valence-electron chi connectivity index (χ2n) is 7.36. The third kappa shape index (κ3) is 5.42. The number of nitrogens with zero attached hydrogens (tertiary/aromatic N) is 1. The van der Waals surface area contributed by atoms with Crippen molar-refractivity contribution in [1.29, 1.82) is 0 Å². The molecule has 2 unspecified atom stereocenters. The normalized spacial score (nSPS) is 14.4. The summed E-state index contributed by atoms with van der Waals surface area (Å²) in [6, 6.07) is 12.2. The number of carboxylic acid groups (broad SMARTS) is 1. The molecule has 2 atom stereocenters. The summed E-state index contributed by atoms with van der Waals surface area (Å²) in [7, 11) is 1.17. The van der Waals surface area contributed by atoms with Crippen LogP contribution in [-0.2, 0) is 14.3 Å². The lowest BCUT2D eigenvalue weighted by atomic mass is 10.0. The largest absolute Gasteiger partial charge is 0.480 e. The van der Waals surface area contributed by atoms with Crippen molar-refractivity contribution in [3.05, 3.63) is 71.3 Å². The van der Waals surface area contributed by atoms with Crippen LogP contribution in [0, 0.1) is 0 Å². The maximum atomic E-state index is 12.5. The van der Waals surface area contributed by atoms with Gasteiger partial charge in [0.1, 0.15) is 12.1 Å². The van der Waals surface area contributed by atoms with Gasteiger partial charge in [-0.05, 0) is 43.5 Å². The number of benzene rings is 2. The molecule has 10 nitrogen and oxygen atoms in total. The number of hydrogen-bond acceptors (Lipinski definition) is 7. The number of amides is 3. The van der Waals surface area contributed by atoms with Crippen LogP contribution >= 0.6 is 0 Å². The molecule has 172 valence electrons. The van der Waals surface area contributed by atoms with Crippen molar-refractivity contribution in [3.8, 4) is 0 Å². The molecule has 1 aliphatic rings. The van der Waals surface area contributed by atoms with Crippen LogP contribution in [0.25, 0.3) is 0 Å². The molecule has 10 heteroatoms. The van der Waals surface area contributed by atoms with Crippen molar-refractivity contribution in [3.63, 3.8) is 0 Å². The minimum absolute atomic E-state index is 0.0190. The average Bonchev–Trinajstić information content (AvgIpc) is 3.07. The van der Waals surface area contributed by atoms with E-state index in [9.17, 15) is 29.1 Å². The maximum Gasteiger partial charge on any atom is 0.326 e. The monoisotopic (exact) mass is 453 g/mol. The number of ether oxygens (including phenoxy) is 1. The Hall–Kier alpha value is -4.05. The quantitative estimate of drug-likeness (QED) is 0.362. The molecule has 0 aromatic heterocycles. The van der Waals surface area contributed by atoms with Crippen LogP contribution in [-0.4, -0.2) is 59.0 Å². The van der Waals surface area contributed by atoms with Crippen molar-refractivity contribution in [2.24, 2.45) is 0 Å². The molecule has 3 rings (SSSR count). The Morgan fingerprint density at radius 1 is 0.909 bits per heavy atom. The number of carboxylic acids is 1. The topological polar surface area (TPSA) is 142 Å². The Bertz CT molecular complexity index is 1040. The van der Waals surface area contributed by atoms with Crippen molar-refractivity contribution < 1.29 is 33.8 Å². The first-order valence-corrected chi connectivity index (χ1v) is 10.2. The lowest BCUT2D eigenvalue weighted by Gasteiger charge is -2.23. The predicted molar refractivity (Wildman–Crippen MR) is 115 cm³/mol. The summed E-state index contributed by atoms with van der Waals surface area (Å²) < 4.78 is 4.76. The van der Waals surface area contributed by atoms with Gasteiger partial charge in [-0.3, -0.25) is 19.2 Å². The number of aliphatic carboxylic acids is 1. The lowest BCUT2D eigenvalue weighted by Crippen LogP contribution is -2.51. The second-order valence-corrected chi connectivity index (χ2v) is 7.36. The predicted octanol–water partition coefficient (Wildman–Crippen LogP) is 1.38. The maximum absolute atomic E-state index is 12.5. The number of rotatable bonds is 10. The van der Waals surface area contributed by atoms with E-state index in [0.29, 0.717) is 5.56 Å². The first-order chi connectivity index (χ1) is 15.8. The summed E-state index contributed by atoms with van der Waals surface area (Å²) in [5.74, 6) is -3.66. The highest BCUT2D eigenvalue weighted by atomic mass is 16.5. The zero-order valence-corrected chi connectivity index (χ0v) is 17.8. The summed E-state index contributed by atoms with van der Waals surface area (Å²) in [6.45, 7) is 0. The van der Waals surface area contributed by atoms with E-state index < -0.39 is 41.7 Å². The number of fused-ring (bicyclic) bond motifs is 1. The smallest absolute Gasteiger partial charge is 0.326 e. The third-order valence-corrected chi connectivity index (χ3v) is 5.19. The van der Waals surface area contributed by atoms with Crippen LogP contribution in [0.5, 0.6) is 0 Å². The Labute approximate surface area is 189 Å². The zero-order chi connectivity index (χ0) is 24.0. The van der Waals surface area contributed by atoms with Gasteiger partial charge < -0.3 is 15.2 Å². The molecule has 0 radical (unpaired) electrons. The Morgan fingerprint density at radius 2 is 1.45 bits per heavy atom. The van der Waals surface area contributed by atoms with Gasteiger partial charge in [-0.2, -0.15) is 0 Å². The van der Waals surface area contributed by atoms with Gasteiger partial charge in [0.05, 0.1) is 18.2 Å². The van der Waals surface area contributed by atoms with Crippen LogP contribution in [0.4, 0.5) is 0 Å². The number of esters is 1. The minimum atomic E-state index is -1.22. The van der Waals surface area contributed by atoms with Crippen molar-refractivity contribution in [1.82, 2.24) is 15.8 Å². The standard InChI is InChI=1S/C23H23N3O7/c1-33-23(32)18(25-26-20(28)15-10-5-6-11-16(15)21(26)29)13-7-12-17(22(30)31)24-19(27)14-8-3-2-4-9-14/h2-6,8-11,17-18,25H,7,12-13H2,1H3,(H,24,27)(H,30,31). The molecule has 0 saturated carbocycles. The summed E-state index contributed by atoms with van der Waals surface area (Å²) in [6.07, 6.45) is 0.262. The van der Waals surface area contributed by atoms with E-state index >= 15 is 0 Å². The molecule has 0 spiro atoms. The van der Waals surface area contributed by atoms with Gasteiger partial charge in [0.25, 0.3) is 17.7 Å². The van der Waals surface area contributed by atoms with Gasteiger partial charge in [0.15, 0.2) is 0 Å². The number of hydrazine groups is 1. The molecule has 33 heavy (non-hydrogen) atoms. The van der Waals surface area contributed by atoms with E-state index in [1.54, 1.807) is 42.5 Å².